The molecule has 0 saturated carbocycles. The molecular formula is C13H28N2O. The van der Waals surface area contributed by atoms with E-state index in [1.165, 1.54) is 0 Å². The summed E-state index contributed by atoms with van der Waals surface area (Å²) in [5, 5.41) is 6.44. The fourth-order valence-corrected chi connectivity index (χ4v) is 1.64. The Morgan fingerprint density at radius 2 is 1.75 bits per heavy atom. The van der Waals surface area contributed by atoms with Gasteiger partial charge in [0.1, 0.15) is 0 Å². The third-order valence-corrected chi connectivity index (χ3v) is 2.83. The SMILES string of the molecule is CCC(NCCCNC(=O)C(C)C)C(C)C. The van der Waals surface area contributed by atoms with Crippen molar-refractivity contribution in [2.45, 2.75) is 53.5 Å². The minimum absolute atomic E-state index is 0.0898. The van der Waals surface area contributed by atoms with Crippen molar-refractivity contribution in [2.75, 3.05) is 13.1 Å². The number of hydrogen-bond acceptors (Lipinski definition) is 2. The fourth-order valence-electron chi connectivity index (χ4n) is 1.64. The van der Waals surface area contributed by atoms with Crippen molar-refractivity contribution in [1.82, 2.24) is 10.6 Å². The van der Waals surface area contributed by atoms with Crippen LogP contribution in [-0.4, -0.2) is 25.0 Å². The zero-order valence-corrected chi connectivity index (χ0v) is 11.5. The Morgan fingerprint density at radius 1 is 1.12 bits per heavy atom. The van der Waals surface area contributed by atoms with Gasteiger partial charge in [0, 0.05) is 18.5 Å². The summed E-state index contributed by atoms with van der Waals surface area (Å²) in [5.74, 6) is 0.915. The third-order valence-electron chi connectivity index (χ3n) is 2.83. The van der Waals surface area contributed by atoms with E-state index in [2.05, 4.69) is 31.4 Å². The highest BCUT2D eigenvalue weighted by molar-refractivity contribution is 5.77. The highest BCUT2D eigenvalue weighted by Gasteiger charge is 2.09. The largest absolute Gasteiger partial charge is 0.356 e. The van der Waals surface area contributed by atoms with Gasteiger partial charge in [-0.3, -0.25) is 4.79 Å². The molecular weight excluding hydrogens is 200 g/mol. The molecule has 1 amide bonds. The lowest BCUT2D eigenvalue weighted by Crippen LogP contribution is -2.36. The van der Waals surface area contributed by atoms with Crippen molar-refractivity contribution in [1.29, 1.82) is 0 Å². The molecule has 3 heteroatoms. The van der Waals surface area contributed by atoms with E-state index >= 15 is 0 Å². The van der Waals surface area contributed by atoms with Crippen molar-refractivity contribution < 1.29 is 4.79 Å². The van der Waals surface area contributed by atoms with Crippen LogP contribution in [-0.2, 0) is 4.79 Å². The molecule has 0 aromatic carbocycles. The minimum Gasteiger partial charge on any atom is -0.356 e. The standard InChI is InChI=1S/C13H28N2O/c1-6-12(10(2)3)14-8-7-9-15-13(16)11(4)5/h10-12,14H,6-9H2,1-5H3,(H,15,16). The normalized spacial score (nSPS) is 13.2. The van der Waals surface area contributed by atoms with Gasteiger partial charge in [0.05, 0.1) is 0 Å². The maximum atomic E-state index is 11.3. The summed E-state index contributed by atoms with van der Waals surface area (Å²) < 4.78 is 0. The number of nitrogens with one attached hydrogen (secondary N) is 2. The average Bonchev–Trinajstić information content (AvgIpc) is 2.22. The van der Waals surface area contributed by atoms with Gasteiger partial charge >= 0.3 is 0 Å². The average molecular weight is 228 g/mol. The Balaban J connectivity index is 3.49. The third kappa shape index (κ3) is 6.83. The van der Waals surface area contributed by atoms with Gasteiger partial charge in [-0.2, -0.15) is 0 Å². The quantitative estimate of drug-likeness (QED) is 0.625. The molecule has 96 valence electrons. The maximum Gasteiger partial charge on any atom is 0.222 e. The molecule has 0 aliphatic carbocycles. The van der Waals surface area contributed by atoms with E-state index in [0.717, 1.165) is 25.9 Å². The molecule has 0 fully saturated rings. The van der Waals surface area contributed by atoms with E-state index in [1.54, 1.807) is 0 Å². The molecule has 2 N–H and O–H groups in total. The first-order valence-corrected chi connectivity index (χ1v) is 6.50. The first-order chi connectivity index (χ1) is 7.49. The van der Waals surface area contributed by atoms with Gasteiger partial charge in [-0.25, -0.2) is 0 Å². The van der Waals surface area contributed by atoms with Crippen LogP contribution in [0.15, 0.2) is 0 Å². The fraction of sp³-hybridized carbons (Fsp3) is 0.923. The molecule has 1 atom stereocenters. The van der Waals surface area contributed by atoms with Crippen LogP contribution in [0.5, 0.6) is 0 Å². The van der Waals surface area contributed by atoms with Crippen molar-refractivity contribution in [3.05, 3.63) is 0 Å². The molecule has 0 aliphatic heterocycles. The van der Waals surface area contributed by atoms with Crippen LogP contribution in [0.2, 0.25) is 0 Å². The van der Waals surface area contributed by atoms with Gasteiger partial charge in [-0.15, -0.1) is 0 Å². The maximum absolute atomic E-state index is 11.3. The summed E-state index contributed by atoms with van der Waals surface area (Å²) in [7, 11) is 0. The molecule has 0 bridgehead atoms. The second-order valence-corrected chi connectivity index (χ2v) is 5.01. The Bertz CT molecular complexity index is 190. The second-order valence-electron chi connectivity index (χ2n) is 5.01. The van der Waals surface area contributed by atoms with E-state index in [0.29, 0.717) is 12.0 Å². The Labute approximate surface area is 100 Å². The van der Waals surface area contributed by atoms with Crippen LogP contribution in [0.4, 0.5) is 0 Å². The molecule has 16 heavy (non-hydrogen) atoms. The van der Waals surface area contributed by atoms with Crippen LogP contribution in [0.1, 0.15) is 47.5 Å². The molecule has 0 aliphatic rings. The van der Waals surface area contributed by atoms with E-state index in [9.17, 15) is 4.79 Å². The Hall–Kier alpha value is -0.570. The number of hydrogen-bond donors (Lipinski definition) is 2. The van der Waals surface area contributed by atoms with Crippen molar-refractivity contribution in [3.8, 4) is 0 Å². The summed E-state index contributed by atoms with van der Waals surface area (Å²) in [5.41, 5.74) is 0. The van der Waals surface area contributed by atoms with Gasteiger partial charge in [-0.05, 0) is 25.3 Å². The van der Waals surface area contributed by atoms with E-state index < -0.39 is 0 Å². The molecule has 0 saturated heterocycles. The first kappa shape index (κ1) is 15.4. The summed E-state index contributed by atoms with van der Waals surface area (Å²) in [6.45, 7) is 12.3. The van der Waals surface area contributed by atoms with E-state index in [4.69, 9.17) is 0 Å². The molecule has 0 radical (unpaired) electrons. The minimum atomic E-state index is 0.0898. The van der Waals surface area contributed by atoms with Gasteiger partial charge in [0.25, 0.3) is 0 Å². The lowest BCUT2D eigenvalue weighted by molar-refractivity contribution is -0.123. The van der Waals surface area contributed by atoms with Crippen molar-refractivity contribution in [2.24, 2.45) is 11.8 Å². The summed E-state index contributed by atoms with van der Waals surface area (Å²) >= 11 is 0. The van der Waals surface area contributed by atoms with Crippen LogP contribution < -0.4 is 10.6 Å². The number of carbonyl (C=O) groups excluding carboxylic acids is 1. The first-order valence-electron chi connectivity index (χ1n) is 6.50. The molecule has 3 nitrogen and oxygen atoms in total. The van der Waals surface area contributed by atoms with Crippen LogP contribution >= 0.6 is 0 Å². The van der Waals surface area contributed by atoms with Gasteiger partial charge in [0.15, 0.2) is 0 Å². The number of carbonyl (C=O) groups is 1. The molecule has 0 rings (SSSR count). The Morgan fingerprint density at radius 3 is 2.19 bits per heavy atom. The molecule has 0 heterocycles. The monoisotopic (exact) mass is 228 g/mol. The number of amides is 1. The van der Waals surface area contributed by atoms with Crippen LogP contribution in [0.3, 0.4) is 0 Å². The number of rotatable bonds is 8. The predicted molar refractivity (Wildman–Crippen MR) is 69.4 cm³/mol. The van der Waals surface area contributed by atoms with Gasteiger partial charge in [-0.1, -0.05) is 34.6 Å². The highest BCUT2D eigenvalue weighted by atomic mass is 16.1. The molecule has 0 spiro atoms. The van der Waals surface area contributed by atoms with E-state index in [1.807, 2.05) is 13.8 Å². The second kappa shape index (κ2) is 8.57. The van der Waals surface area contributed by atoms with Crippen LogP contribution in [0, 0.1) is 11.8 Å². The molecule has 1 unspecified atom stereocenters. The highest BCUT2D eigenvalue weighted by Crippen LogP contribution is 2.04. The topological polar surface area (TPSA) is 41.1 Å². The zero-order chi connectivity index (χ0) is 12.6. The summed E-state index contributed by atoms with van der Waals surface area (Å²) in [6, 6.07) is 0.598. The molecule has 0 aromatic rings. The van der Waals surface area contributed by atoms with Gasteiger partial charge < -0.3 is 10.6 Å². The summed E-state index contributed by atoms with van der Waals surface area (Å²) in [6.07, 6.45) is 2.16. The van der Waals surface area contributed by atoms with Crippen molar-refractivity contribution in [3.63, 3.8) is 0 Å². The van der Waals surface area contributed by atoms with Gasteiger partial charge in [0.2, 0.25) is 5.91 Å². The van der Waals surface area contributed by atoms with E-state index in [-0.39, 0.29) is 11.8 Å². The lowest BCUT2D eigenvalue weighted by Gasteiger charge is -2.20. The zero-order valence-electron chi connectivity index (χ0n) is 11.5. The summed E-state index contributed by atoms with van der Waals surface area (Å²) in [4.78, 5) is 11.3. The smallest absolute Gasteiger partial charge is 0.222 e. The van der Waals surface area contributed by atoms with Crippen molar-refractivity contribution >= 4 is 5.91 Å². The van der Waals surface area contributed by atoms with Crippen LogP contribution in [0.25, 0.3) is 0 Å². The Kier molecular flexibility index (Phi) is 8.26. The molecule has 0 aromatic heterocycles. The lowest BCUT2D eigenvalue weighted by atomic mass is 10.0. The predicted octanol–water partition coefficient (Wildman–Crippen LogP) is 2.17.